The highest BCUT2D eigenvalue weighted by Crippen LogP contribution is 2.33. The van der Waals surface area contributed by atoms with Gasteiger partial charge in [-0.15, -0.1) is 0 Å². The molecule has 0 amide bonds. The smallest absolute Gasteiger partial charge is 0.338 e. The first-order valence-corrected chi connectivity index (χ1v) is 9.14. The standard InChI is InChI=1S/C21H25NO5/c1-4-26-21(23)14-5-7-16(8-6-14)27-13-18-17-12-20(25-3)19(24-2)11-15(17)9-10-22-18/h5-8,11-12,18,22H,4,9-10,13H2,1-3H3/p+1/t18-/m0/s1. The lowest BCUT2D eigenvalue weighted by atomic mass is 9.94. The molecular weight excluding hydrogens is 346 g/mol. The van der Waals surface area contributed by atoms with Crippen LogP contribution in [0.25, 0.3) is 0 Å². The van der Waals surface area contributed by atoms with Crippen molar-refractivity contribution in [3.63, 3.8) is 0 Å². The topological polar surface area (TPSA) is 70.6 Å². The number of benzene rings is 2. The van der Waals surface area contributed by atoms with Crippen LogP contribution in [0.4, 0.5) is 0 Å². The molecule has 6 heteroatoms. The molecular formula is C21H26NO5+. The number of hydrogen-bond donors (Lipinski definition) is 1. The van der Waals surface area contributed by atoms with Crippen LogP contribution < -0.4 is 19.5 Å². The van der Waals surface area contributed by atoms with Gasteiger partial charge in [-0.25, -0.2) is 4.79 Å². The van der Waals surface area contributed by atoms with E-state index < -0.39 is 0 Å². The molecule has 1 heterocycles. The molecule has 2 aromatic carbocycles. The molecule has 27 heavy (non-hydrogen) atoms. The van der Waals surface area contributed by atoms with E-state index in [4.69, 9.17) is 18.9 Å². The Balaban J connectivity index is 1.70. The first-order valence-electron chi connectivity index (χ1n) is 9.14. The van der Waals surface area contributed by atoms with E-state index in [1.54, 1.807) is 45.4 Å². The van der Waals surface area contributed by atoms with Gasteiger partial charge in [0.05, 0.1) is 32.9 Å². The summed E-state index contributed by atoms with van der Waals surface area (Å²) in [5, 5.41) is 2.28. The highest BCUT2D eigenvalue weighted by atomic mass is 16.5. The zero-order chi connectivity index (χ0) is 19.2. The number of fused-ring (bicyclic) bond motifs is 1. The van der Waals surface area contributed by atoms with Crippen molar-refractivity contribution in [2.75, 3.05) is 34.0 Å². The third kappa shape index (κ3) is 4.34. The molecule has 0 aromatic heterocycles. The summed E-state index contributed by atoms with van der Waals surface area (Å²) < 4.78 is 21.8. The number of hydrogen-bond acceptors (Lipinski definition) is 5. The molecule has 1 aliphatic rings. The minimum atomic E-state index is -0.320. The normalized spacial score (nSPS) is 15.6. The Kier molecular flexibility index (Phi) is 6.19. The van der Waals surface area contributed by atoms with E-state index in [1.807, 2.05) is 6.07 Å². The van der Waals surface area contributed by atoms with Crippen molar-refractivity contribution >= 4 is 5.97 Å². The number of nitrogens with two attached hydrogens (primary N) is 1. The number of carbonyl (C=O) groups excluding carboxylic acids is 1. The summed E-state index contributed by atoms with van der Waals surface area (Å²) >= 11 is 0. The first-order chi connectivity index (χ1) is 13.2. The largest absolute Gasteiger partial charge is 0.493 e. The summed E-state index contributed by atoms with van der Waals surface area (Å²) in [6, 6.07) is 11.3. The van der Waals surface area contributed by atoms with Gasteiger partial charge in [0.15, 0.2) is 11.5 Å². The maximum atomic E-state index is 11.7. The van der Waals surface area contributed by atoms with E-state index in [2.05, 4.69) is 11.4 Å². The minimum Gasteiger partial charge on any atom is -0.493 e. The van der Waals surface area contributed by atoms with Gasteiger partial charge < -0.3 is 24.3 Å². The van der Waals surface area contributed by atoms with Crippen LogP contribution in [-0.2, 0) is 11.2 Å². The van der Waals surface area contributed by atoms with Crippen molar-refractivity contribution in [1.29, 1.82) is 0 Å². The van der Waals surface area contributed by atoms with E-state index in [1.165, 1.54) is 11.1 Å². The summed E-state index contributed by atoms with van der Waals surface area (Å²) in [5.74, 6) is 1.89. The predicted molar refractivity (Wildman–Crippen MR) is 101 cm³/mol. The average Bonchev–Trinajstić information content (AvgIpc) is 2.71. The summed E-state index contributed by atoms with van der Waals surface area (Å²) in [5.41, 5.74) is 3.00. The van der Waals surface area contributed by atoms with E-state index in [9.17, 15) is 4.79 Å². The minimum absolute atomic E-state index is 0.179. The van der Waals surface area contributed by atoms with E-state index in [0.717, 1.165) is 30.2 Å². The molecule has 0 aliphatic carbocycles. The monoisotopic (exact) mass is 372 g/mol. The molecule has 0 saturated carbocycles. The summed E-state index contributed by atoms with van der Waals surface area (Å²) in [7, 11) is 3.30. The molecule has 0 bridgehead atoms. The fraction of sp³-hybridized carbons (Fsp3) is 0.381. The second-order valence-electron chi connectivity index (χ2n) is 6.34. The van der Waals surface area contributed by atoms with Gasteiger partial charge >= 0.3 is 5.97 Å². The van der Waals surface area contributed by atoms with Gasteiger partial charge in [-0.1, -0.05) is 0 Å². The highest BCUT2D eigenvalue weighted by molar-refractivity contribution is 5.89. The Morgan fingerprint density at radius 2 is 1.81 bits per heavy atom. The zero-order valence-electron chi connectivity index (χ0n) is 16.0. The van der Waals surface area contributed by atoms with Crippen molar-refractivity contribution < 1.29 is 29.1 Å². The second-order valence-corrected chi connectivity index (χ2v) is 6.34. The average molecular weight is 372 g/mol. The van der Waals surface area contributed by atoms with Crippen LogP contribution in [-0.4, -0.2) is 39.9 Å². The lowest BCUT2D eigenvalue weighted by molar-refractivity contribution is -0.700. The van der Waals surface area contributed by atoms with Gasteiger partial charge in [0.25, 0.3) is 0 Å². The summed E-state index contributed by atoms with van der Waals surface area (Å²) in [4.78, 5) is 11.7. The number of methoxy groups -OCH3 is 2. The summed E-state index contributed by atoms with van der Waals surface area (Å²) in [6.45, 7) is 3.68. The Morgan fingerprint density at radius 1 is 1.11 bits per heavy atom. The van der Waals surface area contributed by atoms with Crippen molar-refractivity contribution in [2.45, 2.75) is 19.4 Å². The maximum absolute atomic E-state index is 11.7. The SMILES string of the molecule is CCOC(=O)c1ccc(OC[C@@H]2[NH2+]CCc3cc(OC)c(OC)cc32)cc1. The van der Waals surface area contributed by atoms with Gasteiger partial charge in [-0.2, -0.15) is 0 Å². The van der Waals surface area contributed by atoms with E-state index in [0.29, 0.717) is 18.8 Å². The van der Waals surface area contributed by atoms with E-state index >= 15 is 0 Å². The van der Waals surface area contributed by atoms with Gasteiger partial charge in [0.1, 0.15) is 18.4 Å². The number of rotatable bonds is 7. The van der Waals surface area contributed by atoms with Crippen molar-refractivity contribution in [3.05, 3.63) is 53.1 Å². The van der Waals surface area contributed by atoms with Crippen LogP contribution in [0.3, 0.4) is 0 Å². The number of ether oxygens (including phenoxy) is 4. The molecule has 2 aromatic rings. The van der Waals surface area contributed by atoms with Crippen LogP contribution in [0.2, 0.25) is 0 Å². The molecule has 0 saturated heterocycles. The van der Waals surface area contributed by atoms with Gasteiger partial charge in [0.2, 0.25) is 0 Å². The molecule has 6 nitrogen and oxygen atoms in total. The van der Waals surface area contributed by atoms with Crippen molar-refractivity contribution in [1.82, 2.24) is 0 Å². The molecule has 0 unspecified atom stereocenters. The number of esters is 1. The van der Waals surface area contributed by atoms with Crippen molar-refractivity contribution in [2.24, 2.45) is 0 Å². The van der Waals surface area contributed by atoms with Gasteiger partial charge in [0, 0.05) is 12.0 Å². The molecule has 0 fully saturated rings. The Labute approximate surface area is 159 Å². The van der Waals surface area contributed by atoms with Crippen LogP contribution in [0.15, 0.2) is 36.4 Å². The lowest BCUT2D eigenvalue weighted by Gasteiger charge is -2.25. The third-order valence-corrected chi connectivity index (χ3v) is 4.70. The van der Waals surface area contributed by atoms with Gasteiger partial charge in [-0.05, 0) is 48.9 Å². The first kappa shape index (κ1) is 19.0. The Bertz CT molecular complexity index is 788. The molecule has 0 spiro atoms. The molecule has 144 valence electrons. The third-order valence-electron chi connectivity index (χ3n) is 4.70. The molecule has 2 N–H and O–H groups in total. The van der Waals surface area contributed by atoms with Crippen LogP contribution in [0, 0.1) is 0 Å². The number of carbonyl (C=O) groups is 1. The fourth-order valence-corrected chi connectivity index (χ4v) is 3.31. The van der Waals surface area contributed by atoms with Crippen LogP contribution in [0.1, 0.15) is 34.5 Å². The molecule has 0 radical (unpaired) electrons. The van der Waals surface area contributed by atoms with Crippen LogP contribution >= 0.6 is 0 Å². The fourth-order valence-electron chi connectivity index (χ4n) is 3.31. The lowest BCUT2D eigenvalue weighted by Crippen LogP contribution is -2.88. The van der Waals surface area contributed by atoms with Crippen molar-refractivity contribution in [3.8, 4) is 17.2 Å². The van der Waals surface area contributed by atoms with Crippen LogP contribution in [0.5, 0.6) is 17.2 Å². The molecule has 1 atom stereocenters. The molecule has 3 rings (SSSR count). The second kappa shape index (κ2) is 8.77. The molecule has 1 aliphatic heterocycles. The summed E-state index contributed by atoms with van der Waals surface area (Å²) in [6.07, 6.45) is 0.987. The number of quaternary nitrogens is 1. The predicted octanol–water partition coefficient (Wildman–Crippen LogP) is 2.12. The zero-order valence-corrected chi connectivity index (χ0v) is 16.0. The van der Waals surface area contributed by atoms with Gasteiger partial charge in [-0.3, -0.25) is 0 Å². The quantitative estimate of drug-likeness (QED) is 0.754. The highest BCUT2D eigenvalue weighted by Gasteiger charge is 2.26. The maximum Gasteiger partial charge on any atom is 0.338 e. The Hall–Kier alpha value is -2.73. The van der Waals surface area contributed by atoms with E-state index in [-0.39, 0.29) is 12.0 Å². The Morgan fingerprint density at radius 3 is 2.48 bits per heavy atom.